The van der Waals surface area contributed by atoms with Gasteiger partial charge >= 0.3 is 6.85 Å². The van der Waals surface area contributed by atoms with Gasteiger partial charge in [0.05, 0.1) is 5.69 Å². The van der Waals surface area contributed by atoms with Crippen molar-refractivity contribution in [3.63, 3.8) is 0 Å². The summed E-state index contributed by atoms with van der Waals surface area (Å²) in [7, 11) is 0. The van der Waals surface area contributed by atoms with Crippen LogP contribution < -0.4 is 20.6 Å². The smallest absolute Gasteiger partial charge is 0.333 e. The first-order valence-corrected chi connectivity index (χ1v) is 22.4. The number of rotatable bonds is 7. The maximum Gasteiger partial charge on any atom is 0.333 e. The quantitative estimate of drug-likeness (QED) is 0.148. The lowest BCUT2D eigenvalue weighted by Gasteiger charge is -2.47. The van der Waals surface area contributed by atoms with E-state index in [0.717, 1.165) is 6.42 Å². The average Bonchev–Trinajstić information content (AvgIpc) is 3.55. The molecule has 0 aromatic heterocycles. The van der Waals surface area contributed by atoms with E-state index < -0.39 is 0 Å². The van der Waals surface area contributed by atoms with Crippen LogP contribution in [0.2, 0.25) is 0 Å². The predicted octanol–water partition coefficient (Wildman–Crippen LogP) is 14.5. The maximum absolute atomic E-state index is 2.65. The Morgan fingerprint density at radius 1 is 0.484 bits per heavy atom. The second kappa shape index (κ2) is 14.2. The van der Waals surface area contributed by atoms with E-state index in [-0.39, 0.29) is 12.3 Å². The third-order valence-corrected chi connectivity index (χ3v) is 14.0. The van der Waals surface area contributed by atoms with E-state index in [4.69, 9.17) is 0 Å². The predicted molar refractivity (Wildman–Crippen MR) is 265 cm³/mol. The molecule has 2 aliphatic heterocycles. The van der Waals surface area contributed by atoms with Gasteiger partial charge in [0.25, 0.3) is 0 Å². The van der Waals surface area contributed by atoms with Crippen molar-refractivity contribution < 1.29 is 0 Å². The Morgan fingerprint density at radius 3 is 1.97 bits per heavy atom. The number of hydrogen-bond acceptors (Lipinski definition) is 2. The van der Waals surface area contributed by atoms with Crippen molar-refractivity contribution in [2.45, 2.75) is 45.4 Å². The van der Waals surface area contributed by atoms with Gasteiger partial charge in [0.2, 0.25) is 0 Å². The molecular weight excluding hydrogens is 747 g/mol. The zero-order chi connectivity index (χ0) is 41.5. The summed E-state index contributed by atoms with van der Waals surface area (Å²) in [5.74, 6) is 0. The molecular formula is C59H47BN2. The van der Waals surface area contributed by atoms with Gasteiger partial charge in [0.1, 0.15) is 0 Å². The fourth-order valence-electron chi connectivity index (χ4n) is 11.0. The minimum Gasteiger partial charge on any atom is -0.376 e. The average molecular weight is 795 g/mol. The second-order valence-corrected chi connectivity index (χ2v) is 17.9. The summed E-state index contributed by atoms with van der Waals surface area (Å²) >= 11 is 0. The van der Waals surface area contributed by atoms with Crippen molar-refractivity contribution in [1.29, 1.82) is 0 Å². The van der Waals surface area contributed by atoms with Crippen LogP contribution in [-0.4, -0.2) is 6.85 Å². The Bertz CT molecular complexity index is 3210. The Balaban J connectivity index is 1.24. The van der Waals surface area contributed by atoms with Gasteiger partial charge in [-0.2, -0.15) is 0 Å². The molecule has 0 amide bonds. The highest BCUT2D eigenvalue weighted by atomic mass is 15.2. The maximum atomic E-state index is 2.65. The lowest BCUT2D eigenvalue weighted by Crippen LogP contribution is -2.61. The minimum atomic E-state index is -0.167. The topological polar surface area (TPSA) is 6.48 Å². The lowest BCUT2D eigenvalue weighted by atomic mass is 9.43. The van der Waals surface area contributed by atoms with E-state index in [0.29, 0.717) is 0 Å². The van der Waals surface area contributed by atoms with Gasteiger partial charge in [0, 0.05) is 39.3 Å². The largest absolute Gasteiger partial charge is 0.376 e. The zero-order valence-corrected chi connectivity index (χ0v) is 35.6. The van der Waals surface area contributed by atoms with Crippen molar-refractivity contribution in [1.82, 2.24) is 0 Å². The van der Waals surface area contributed by atoms with Crippen LogP contribution in [0.4, 0.5) is 28.4 Å². The number of fused-ring (bicyclic) bond motifs is 9. The number of aryl methyl sites for hydroxylation is 1. The second-order valence-electron chi connectivity index (χ2n) is 17.9. The first-order chi connectivity index (χ1) is 30.5. The van der Waals surface area contributed by atoms with Gasteiger partial charge in [-0.1, -0.05) is 173 Å². The molecule has 0 unspecified atom stereocenters. The van der Waals surface area contributed by atoms with E-state index in [1.807, 2.05) is 0 Å². The molecule has 0 saturated carbocycles. The van der Waals surface area contributed by atoms with Crippen LogP contribution in [0.1, 0.15) is 50.3 Å². The minimum absolute atomic E-state index is 0.0986. The van der Waals surface area contributed by atoms with Crippen LogP contribution in [0.15, 0.2) is 194 Å². The van der Waals surface area contributed by atoms with Crippen LogP contribution in [0, 0.1) is 0 Å². The molecule has 9 aromatic carbocycles. The molecule has 0 N–H and O–H groups in total. The molecule has 3 aliphatic rings. The first-order valence-electron chi connectivity index (χ1n) is 22.4. The van der Waals surface area contributed by atoms with Crippen LogP contribution >= 0.6 is 0 Å². The third kappa shape index (κ3) is 5.51. The van der Waals surface area contributed by atoms with Crippen LogP contribution in [0.5, 0.6) is 0 Å². The molecule has 0 spiro atoms. The van der Waals surface area contributed by atoms with E-state index >= 15 is 0 Å². The first kappa shape index (κ1) is 36.7. The van der Waals surface area contributed by atoms with Crippen LogP contribution in [-0.2, 0) is 11.8 Å². The van der Waals surface area contributed by atoms with Gasteiger partial charge in [-0.25, -0.2) is 0 Å². The molecule has 1 aliphatic carbocycles. The third-order valence-electron chi connectivity index (χ3n) is 14.0. The molecule has 62 heavy (non-hydrogen) atoms. The van der Waals surface area contributed by atoms with Crippen LogP contribution in [0.25, 0.3) is 55.3 Å². The summed E-state index contributed by atoms with van der Waals surface area (Å²) in [6.07, 6.45) is 3.40. The van der Waals surface area contributed by atoms with Gasteiger partial charge in [0.15, 0.2) is 0 Å². The van der Waals surface area contributed by atoms with Crippen LogP contribution in [0.3, 0.4) is 0 Å². The SMILES string of the molecule is CCCCc1ccc(N2c3cc4c(cc3B3c5c2cc2ccccc2c5-c2cc(-c5ccccc5)ccc2N3c2ccccc2)-c2ccccc2C4(C)C)c(-c2ccccc2)c1. The fourth-order valence-corrected chi connectivity index (χ4v) is 11.0. The Labute approximate surface area is 365 Å². The van der Waals surface area contributed by atoms with E-state index in [1.165, 1.54) is 124 Å². The number of nitrogens with zero attached hydrogens (tertiary/aromatic N) is 2. The molecule has 12 rings (SSSR count). The van der Waals surface area contributed by atoms with Crippen molar-refractivity contribution in [3.05, 3.63) is 211 Å². The Hall–Kier alpha value is -7.10. The summed E-state index contributed by atoms with van der Waals surface area (Å²) in [5.41, 5.74) is 22.9. The van der Waals surface area contributed by atoms with Gasteiger partial charge in [-0.15, -0.1) is 0 Å². The van der Waals surface area contributed by atoms with Crippen molar-refractivity contribution in [2.75, 3.05) is 9.71 Å². The highest BCUT2D eigenvalue weighted by Crippen LogP contribution is 2.54. The highest BCUT2D eigenvalue weighted by Gasteiger charge is 2.48. The summed E-state index contributed by atoms with van der Waals surface area (Å²) in [5, 5.41) is 2.53. The fraction of sp³-hybridized carbons (Fsp3) is 0.119. The zero-order valence-electron chi connectivity index (χ0n) is 35.6. The summed E-state index contributed by atoms with van der Waals surface area (Å²) < 4.78 is 0. The van der Waals surface area contributed by atoms with Crippen molar-refractivity contribution >= 4 is 57.0 Å². The standard InChI is InChI=1S/C59H47BN2/c1-4-5-19-39-30-32-53(47(34-39)41-22-11-7-12-23-41)61-55-38-51-48(46-28-17-18-29-50(46)59(51,2)3)37-52(55)60-58-56(61)36-43-24-15-16-27-45(43)57(58)49-35-42(40-20-9-6-10-21-40)31-33-54(49)62(60)44-25-13-8-14-26-44/h6-18,20-38H,4-5,19H2,1-3H3. The molecule has 2 nitrogen and oxygen atoms in total. The number of anilines is 5. The van der Waals surface area contributed by atoms with E-state index in [1.54, 1.807) is 0 Å². The summed E-state index contributed by atoms with van der Waals surface area (Å²) in [6.45, 7) is 7.01. The number of para-hydroxylation sites is 1. The summed E-state index contributed by atoms with van der Waals surface area (Å²) in [4.78, 5) is 5.29. The highest BCUT2D eigenvalue weighted by molar-refractivity contribution is 6.94. The number of hydrogen-bond donors (Lipinski definition) is 0. The molecule has 0 saturated heterocycles. The normalized spacial score (nSPS) is 14.0. The van der Waals surface area contributed by atoms with Crippen molar-refractivity contribution in [2.24, 2.45) is 0 Å². The molecule has 2 heterocycles. The summed E-state index contributed by atoms with van der Waals surface area (Å²) in [6, 6.07) is 73.3. The molecule has 3 heteroatoms. The molecule has 0 fully saturated rings. The number of unbranched alkanes of at least 4 members (excludes halogenated alkanes) is 1. The lowest BCUT2D eigenvalue weighted by molar-refractivity contribution is 0.660. The molecule has 296 valence electrons. The molecule has 0 atom stereocenters. The molecule has 9 aromatic rings. The van der Waals surface area contributed by atoms with Gasteiger partial charge in [-0.3, -0.25) is 0 Å². The van der Waals surface area contributed by atoms with E-state index in [2.05, 4.69) is 225 Å². The van der Waals surface area contributed by atoms with Crippen molar-refractivity contribution in [3.8, 4) is 44.5 Å². The van der Waals surface area contributed by atoms with Gasteiger partial charge in [-0.05, 0) is 133 Å². The molecule has 0 radical (unpaired) electrons. The van der Waals surface area contributed by atoms with Gasteiger partial charge < -0.3 is 9.71 Å². The molecule has 0 bridgehead atoms. The number of benzene rings is 9. The Kier molecular flexibility index (Phi) is 8.44. The Morgan fingerprint density at radius 2 is 1.18 bits per heavy atom. The monoisotopic (exact) mass is 794 g/mol. The van der Waals surface area contributed by atoms with E-state index in [9.17, 15) is 0 Å².